The summed E-state index contributed by atoms with van der Waals surface area (Å²) in [6.45, 7) is 0. The van der Waals surface area contributed by atoms with Gasteiger partial charge in [0.1, 0.15) is 0 Å². The van der Waals surface area contributed by atoms with Crippen molar-refractivity contribution in [1.82, 2.24) is 19.9 Å². The van der Waals surface area contributed by atoms with Gasteiger partial charge in [0, 0.05) is 98.2 Å². The maximum atomic E-state index is 4.90. The molecule has 4 heterocycles. The zero-order valence-corrected chi connectivity index (χ0v) is 33.6. The van der Waals surface area contributed by atoms with Gasteiger partial charge in [0.05, 0.1) is 0 Å². The minimum absolute atomic E-state index is 0.720. The van der Waals surface area contributed by atoms with Crippen molar-refractivity contribution >= 4 is 106 Å². The van der Waals surface area contributed by atoms with Gasteiger partial charge in [0.25, 0.3) is 0 Å². The lowest BCUT2D eigenvalue weighted by Crippen LogP contribution is -1.92. The van der Waals surface area contributed by atoms with Gasteiger partial charge >= 0.3 is 0 Å². The van der Waals surface area contributed by atoms with E-state index >= 15 is 0 Å². The van der Waals surface area contributed by atoms with E-state index in [9.17, 15) is 0 Å². The summed E-state index contributed by atoms with van der Waals surface area (Å²) < 4.78 is 5.16. The Morgan fingerprint density at radius 1 is 0.300 bits per heavy atom. The molecule has 0 aliphatic heterocycles. The van der Waals surface area contributed by atoms with Crippen LogP contribution in [0, 0.1) is 0 Å². The molecule has 0 saturated heterocycles. The molecule has 6 heteroatoms. The van der Waals surface area contributed by atoms with E-state index in [1.165, 1.54) is 83.4 Å². The fraction of sp³-hybridized carbons (Fsp3) is 0. The summed E-state index contributed by atoms with van der Waals surface area (Å²) >= 11 is 3.75. The summed E-state index contributed by atoms with van der Waals surface area (Å²) in [6, 6.07) is 56.7. The average molecular weight is 799 g/mol. The number of thiophene rings is 2. The first-order valence-electron chi connectivity index (χ1n) is 20.0. The van der Waals surface area contributed by atoms with E-state index in [-0.39, 0.29) is 0 Å². The Hall–Kier alpha value is -7.38. The van der Waals surface area contributed by atoms with Crippen LogP contribution in [0.5, 0.6) is 0 Å². The largest absolute Gasteiger partial charge is 0.236 e. The second-order valence-corrected chi connectivity index (χ2v) is 17.5. The van der Waals surface area contributed by atoms with Gasteiger partial charge in [-0.3, -0.25) is 0 Å². The van der Waals surface area contributed by atoms with Crippen LogP contribution < -0.4 is 0 Å². The van der Waals surface area contributed by atoms with Gasteiger partial charge in [0.15, 0.2) is 11.6 Å². The van der Waals surface area contributed by atoms with Crippen LogP contribution in [-0.4, -0.2) is 19.9 Å². The van der Waals surface area contributed by atoms with Gasteiger partial charge in [-0.15, -0.1) is 22.7 Å². The number of rotatable bonds is 4. The van der Waals surface area contributed by atoms with Gasteiger partial charge in [-0.1, -0.05) is 121 Å². The fourth-order valence-corrected chi connectivity index (χ4v) is 11.7. The maximum Gasteiger partial charge on any atom is 0.159 e. The molecular weight excluding hydrogens is 769 g/mol. The molecule has 13 rings (SSSR count). The molecule has 0 fully saturated rings. The molecular formula is C54H30N4S2. The highest BCUT2D eigenvalue weighted by atomic mass is 32.1. The first-order chi connectivity index (χ1) is 29.7. The minimum Gasteiger partial charge on any atom is -0.236 e. The smallest absolute Gasteiger partial charge is 0.159 e. The van der Waals surface area contributed by atoms with Crippen molar-refractivity contribution in [3.05, 3.63) is 183 Å². The summed E-state index contributed by atoms with van der Waals surface area (Å²) in [5.74, 6) is 1.44. The highest BCUT2D eigenvalue weighted by Crippen LogP contribution is 2.48. The van der Waals surface area contributed by atoms with Crippen molar-refractivity contribution in [2.75, 3.05) is 0 Å². The summed E-state index contributed by atoms with van der Waals surface area (Å²) in [5.41, 5.74) is 6.24. The second kappa shape index (κ2) is 13.1. The molecule has 0 radical (unpaired) electrons. The molecule has 278 valence electrons. The molecule has 0 aliphatic carbocycles. The van der Waals surface area contributed by atoms with Crippen molar-refractivity contribution in [2.24, 2.45) is 0 Å². The number of hydrogen-bond acceptors (Lipinski definition) is 6. The molecule has 0 atom stereocenters. The van der Waals surface area contributed by atoms with Crippen molar-refractivity contribution in [2.45, 2.75) is 0 Å². The molecule has 0 aliphatic rings. The summed E-state index contributed by atoms with van der Waals surface area (Å²) in [6.07, 6.45) is 7.94. The van der Waals surface area contributed by atoms with Gasteiger partial charge in [0.2, 0.25) is 0 Å². The average Bonchev–Trinajstić information content (AvgIpc) is 3.90. The van der Waals surface area contributed by atoms with Gasteiger partial charge < -0.3 is 0 Å². The SMILES string of the molecule is c1ccc(-c2ncc(-c3cc4cc5c(cc(-c6cnc(-c7ccccc7)nc6)c6ccc7c8ccccc8sc7c65)cc4c4c3ccc3c5ccccc5sc34)cn2)cc1. The zero-order chi connectivity index (χ0) is 39.3. The highest BCUT2D eigenvalue weighted by molar-refractivity contribution is 7.27. The lowest BCUT2D eigenvalue weighted by atomic mass is 9.88. The predicted octanol–water partition coefficient (Wildman–Crippen LogP) is 15.3. The Kier molecular flexibility index (Phi) is 7.31. The standard InChI is InChI=1S/C54H30N4S2/c1-3-11-31(12-4-1)53-55-27-35(28-56-53)43-23-33-25-46-34(26-45(33)49-39(43)19-21-41-37-15-7-9-17-47(37)59-51(41)49)24-44(36-29-57-54(58-30-36)32-13-5-2-6-14-32)40-20-22-42-38-16-8-10-18-48(38)60-52(42)50(40)46/h1-30H. The Bertz CT molecular complexity index is 3600. The highest BCUT2D eigenvalue weighted by Gasteiger charge is 2.20. The molecule has 9 aromatic carbocycles. The molecule has 4 aromatic heterocycles. The van der Waals surface area contributed by atoms with Crippen LogP contribution in [0.3, 0.4) is 0 Å². The third-order valence-corrected chi connectivity index (χ3v) is 14.4. The number of fused-ring (bicyclic) bond motifs is 14. The predicted molar refractivity (Wildman–Crippen MR) is 255 cm³/mol. The Morgan fingerprint density at radius 3 is 1.12 bits per heavy atom. The molecule has 13 aromatic rings. The topological polar surface area (TPSA) is 51.6 Å². The quantitative estimate of drug-likeness (QED) is 0.131. The van der Waals surface area contributed by atoms with E-state index in [4.69, 9.17) is 19.9 Å². The van der Waals surface area contributed by atoms with Gasteiger partial charge in [-0.25, -0.2) is 19.9 Å². The van der Waals surface area contributed by atoms with Crippen LogP contribution in [0.15, 0.2) is 183 Å². The number of benzene rings is 9. The lowest BCUT2D eigenvalue weighted by molar-refractivity contribution is 1.18. The van der Waals surface area contributed by atoms with Gasteiger partial charge in [-0.2, -0.15) is 0 Å². The van der Waals surface area contributed by atoms with E-state index in [1.54, 1.807) is 0 Å². The van der Waals surface area contributed by atoms with E-state index in [0.29, 0.717) is 0 Å². The number of nitrogens with zero attached hydrogens (tertiary/aromatic N) is 4. The van der Waals surface area contributed by atoms with Gasteiger partial charge in [-0.05, 0) is 79.8 Å². The molecule has 0 N–H and O–H groups in total. The number of aromatic nitrogens is 4. The van der Waals surface area contributed by atoms with Crippen LogP contribution in [0.4, 0.5) is 0 Å². The second-order valence-electron chi connectivity index (χ2n) is 15.4. The zero-order valence-electron chi connectivity index (χ0n) is 31.9. The summed E-state index contributed by atoms with van der Waals surface area (Å²) in [5, 5.41) is 14.8. The molecule has 0 bridgehead atoms. The fourth-order valence-electron chi connectivity index (χ4n) is 9.22. The van der Waals surface area contributed by atoms with E-state index in [2.05, 4.69) is 121 Å². The molecule has 0 spiro atoms. The summed E-state index contributed by atoms with van der Waals surface area (Å²) in [7, 11) is 0. The first-order valence-corrected chi connectivity index (χ1v) is 21.6. The molecule has 0 saturated carbocycles. The van der Waals surface area contributed by atoms with E-state index in [1.807, 2.05) is 83.9 Å². The monoisotopic (exact) mass is 798 g/mol. The van der Waals surface area contributed by atoms with Crippen molar-refractivity contribution in [3.8, 4) is 45.0 Å². The Balaban J connectivity index is 1.14. The minimum atomic E-state index is 0.720. The van der Waals surface area contributed by atoms with E-state index < -0.39 is 0 Å². The third-order valence-electron chi connectivity index (χ3n) is 12.0. The van der Waals surface area contributed by atoms with Crippen LogP contribution in [0.1, 0.15) is 0 Å². The third kappa shape index (κ3) is 5.08. The molecule has 4 nitrogen and oxygen atoms in total. The normalized spacial score (nSPS) is 12.0. The lowest BCUT2D eigenvalue weighted by Gasteiger charge is -2.16. The Labute approximate surface area is 351 Å². The van der Waals surface area contributed by atoms with Crippen LogP contribution >= 0.6 is 22.7 Å². The van der Waals surface area contributed by atoms with Crippen molar-refractivity contribution in [3.63, 3.8) is 0 Å². The number of hydrogen-bond donors (Lipinski definition) is 0. The maximum absolute atomic E-state index is 4.90. The summed E-state index contributed by atoms with van der Waals surface area (Å²) in [4.78, 5) is 19.6. The van der Waals surface area contributed by atoms with Crippen LogP contribution in [0.25, 0.3) is 128 Å². The van der Waals surface area contributed by atoms with Crippen LogP contribution in [0.2, 0.25) is 0 Å². The molecule has 0 amide bonds. The van der Waals surface area contributed by atoms with Crippen molar-refractivity contribution in [1.29, 1.82) is 0 Å². The molecule has 60 heavy (non-hydrogen) atoms. The van der Waals surface area contributed by atoms with Crippen molar-refractivity contribution < 1.29 is 0 Å². The Morgan fingerprint density at radius 2 is 0.683 bits per heavy atom. The molecule has 0 unspecified atom stereocenters. The van der Waals surface area contributed by atoms with E-state index in [0.717, 1.165) is 45.0 Å². The first kappa shape index (κ1) is 33.6. The van der Waals surface area contributed by atoms with Crippen LogP contribution in [-0.2, 0) is 0 Å².